The van der Waals surface area contributed by atoms with E-state index in [4.69, 9.17) is 0 Å². The summed E-state index contributed by atoms with van der Waals surface area (Å²) in [6.45, 7) is 6.66. The molecule has 2 rings (SSSR count). The highest BCUT2D eigenvalue weighted by Gasteiger charge is 2.33. The van der Waals surface area contributed by atoms with Crippen molar-refractivity contribution in [2.75, 3.05) is 19.6 Å². The molecule has 1 aliphatic heterocycles. The van der Waals surface area contributed by atoms with Crippen LogP contribution < -0.4 is 10.6 Å². The van der Waals surface area contributed by atoms with E-state index >= 15 is 0 Å². The lowest BCUT2D eigenvalue weighted by Gasteiger charge is -2.32. The molecule has 2 N–H and O–H groups in total. The van der Waals surface area contributed by atoms with Crippen molar-refractivity contribution < 1.29 is 4.79 Å². The molecule has 3 nitrogen and oxygen atoms in total. The molecule has 3 heteroatoms. The van der Waals surface area contributed by atoms with E-state index in [9.17, 15) is 4.79 Å². The van der Waals surface area contributed by atoms with Gasteiger partial charge in [-0.3, -0.25) is 4.79 Å². The molecule has 2 atom stereocenters. The molecule has 2 aliphatic rings. The number of nitrogens with one attached hydrogen (secondary N) is 2. The van der Waals surface area contributed by atoms with Crippen molar-refractivity contribution in [1.82, 2.24) is 10.6 Å². The molecule has 0 aromatic carbocycles. The zero-order valence-corrected chi connectivity index (χ0v) is 11.1. The van der Waals surface area contributed by atoms with Gasteiger partial charge in [-0.25, -0.2) is 0 Å². The second-order valence-corrected chi connectivity index (χ2v) is 5.09. The maximum Gasteiger partial charge on any atom is 0.147 e. The molecule has 0 amide bonds. The summed E-state index contributed by atoms with van der Waals surface area (Å²) in [6.07, 6.45) is 10.2. The van der Waals surface area contributed by atoms with Crippen molar-refractivity contribution >= 4 is 5.78 Å². The van der Waals surface area contributed by atoms with E-state index < -0.39 is 0 Å². The molecule has 0 bridgehead atoms. The number of rotatable bonds is 5. The first-order chi connectivity index (χ1) is 8.72. The predicted molar refractivity (Wildman–Crippen MR) is 74.4 cm³/mol. The van der Waals surface area contributed by atoms with Gasteiger partial charge in [0.25, 0.3) is 0 Å². The summed E-state index contributed by atoms with van der Waals surface area (Å²) < 4.78 is 0. The molecule has 1 saturated heterocycles. The minimum absolute atomic E-state index is 0.00763. The average Bonchev–Trinajstić information content (AvgIpc) is 2.34. The van der Waals surface area contributed by atoms with Gasteiger partial charge in [0.2, 0.25) is 0 Å². The van der Waals surface area contributed by atoms with E-state index in [2.05, 4.69) is 29.7 Å². The number of allylic oxidation sites excluding steroid dienone is 3. The molecule has 0 radical (unpaired) electrons. The summed E-state index contributed by atoms with van der Waals surface area (Å²) >= 11 is 0. The molecule has 18 heavy (non-hydrogen) atoms. The minimum atomic E-state index is -0.00763. The lowest BCUT2D eigenvalue weighted by molar-refractivity contribution is -0.127. The highest BCUT2D eigenvalue weighted by molar-refractivity contribution is 5.87. The van der Waals surface area contributed by atoms with Crippen molar-refractivity contribution in [3.05, 3.63) is 36.0 Å². The second kappa shape index (κ2) is 6.12. The van der Waals surface area contributed by atoms with Gasteiger partial charge in [-0.2, -0.15) is 0 Å². The monoisotopic (exact) mass is 246 g/mol. The topological polar surface area (TPSA) is 41.1 Å². The van der Waals surface area contributed by atoms with Crippen molar-refractivity contribution in [1.29, 1.82) is 0 Å². The fraction of sp³-hybridized carbons (Fsp3) is 0.533. The quantitative estimate of drug-likeness (QED) is 0.721. The molecule has 0 spiro atoms. The Morgan fingerprint density at radius 3 is 2.72 bits per heavy atom. The van der Waals surface area contributed by atoms with Crippen LogP contribution in [-0.2, 0) is 4.79 Å². The Morgan fingerprint density at radius 2 is 2.11 bits per heavy atom. The lowest BCUT2D eigenvalue weighted by atomic mass is 9.82. The number of hydrogen-bond acceptors (Lipinski definition) is 3. The van der Waals surface area contributed by atoms with Crippen LogP contribution in [0.25, 0.3) is 0 Å². The lowest BCUT2D eigenvalue weighted by Crippen LogP contribution is -2.51. The summed E-state index contributed by atoms with van der Waals surface area (Å²) in [7, 11) is 0. The third-order valence-electron chi connectivity index (χ3n) is 3.76. The van der Waals surface area contributed by atoms with Crippen LogP contribution in [-0.4, -0.2) is 31.5 Å². The van der Waals surface area contributed by atoms with Gasteiger partial charge in [0.1, 0.15) is 5.78 Å². The molecule has 0 aromatic heterocycles. The molecule has 1 heterocycles. The van der Waals surface area contributed by atoms with Gasteiger partial charge in [0.15, 0.2) is 0 Å². The van der Waals surface area contributed by atoms with Crippen LogP contribution >= 0.6 is 0 Å². The first kappa shape index (κ1) is 13.2. The SMILES string of the molecule is C/C=C(\C)CNC1C=CC=CC1C(=O)C1CNC1. The minimum Gasteiger partial charge on any atom is -0.315 e. The van der Waals surface area contributed by atoms with Gasteiger partial charge >= 0.3 is 0 Å². The maximum absolute atomic E-state index is 12.3. The van der Waals surface area contributed by atoms with E-state index in [0.29, 0.717) is 5.78 Å². The Labute approximate surface area is 109 Å². The van der Waals surface area contributed by atoms with Crippen LogP contribution in [0, 0.1) is 11.8 Å². The maximum atomic E-state index is 12.3. The Bertz CT molecular complexity index is 391. The molecular formula is C15H22N2O. The van der Waals surface area contributed by atoms with Crippen LogP contribution in [0.2, 0.25) is 0 Å². The van der Waals surface area contributed by atoms with Crippen molar-refractivity contribution in [3.63, 3.8) is 0 Å². The Hall–Kier alpha value is -1.19. The van der Waals surface area contributed by atoms with Gasteiger partial charge in [0, 0.05) is 31.6 Å². The predicted octanol–water partition coefficient (Wildman–Crippen LogP) is 1.44. The van der Waals surface area contributed by atoms with Gasteiger partial charge in [-0.15, -0.1) is 0 Å². The molecule has 2 unspecified atom stereocenters. The third kappa shape index (κ3) is 2.98. The zero-order chi connectivity index (χ0) is 13.0. The fourth-order valence-corrected chi connectivity index (χ4v) is 2.22. The fourth-order valence-electron chi connectivity index (χ4n) is 2.22. The standard InChI is InChI=1S/C15H22N2O/c1-3-11(2)8-17-14-7-5-4-6-13(14)15(18)12-9-16-10-12/h3-7,12-14,16-17H,8-10H2,1-2H3/b11-3+. The molecule has 98 valence electrons. The first-order valence-corrected chi connectivity index (χ1v) is 6.67. The third-order valence-corrected chi connectivity index (χ3v) is 3.76. The Balaban J connectivity index is 1.96. The van der Waals surface area contributed by atoms with E-state index in [-0.39, 0.29) is 17.9 Å². The number of carbonyl (C=O) groups excluding carboxylic acids is 1. The second-order valence-electron chi connectivity index (χ2n) is 5.09. The number of carbonyl (C=O) groups is 1. The number of Topliss-reactive ketones (excluding diaryl/α,β-unsaturated/α-hetero) is 1. The number of ketones is 1. The van der Waals surface area contributed by atoms with Gasteiger partial charge in [-0.1, -0.05) is 36.0 Å². The van der Waals surface area contributed by atoms with Crippen LogP contribution in [0.1, 0.15) is 13.8 Å². The van der Waals surface area contributed by atoms with E-state index in [1.807, 2.05) is 25.2 Å². The number of hydrogen-bond donors (Lipinski definition) is 2. The normalized spacial score (nSPS) is 28.2. The summed E-state index contributed by atoms with van der Waals surface area (Å²) in [5, 5.41) is 6.62. The molecular weight excluding hydrogens is 224 g/mol. The summed E-state index contributed by atoms with van der Waals surface area (Å²) in [5.74, 6) is 0.565. The van der Waals surface area contributed by atoms with Crippen molar-refractivity contribution in [3.8, 4) is 0 Å². The largest absolute Gasteiger partial charge is 0.315 e. The van der Waals surface area contributed by atoms with E-state index in [1.54, 1.807) is 0 Å². The summed E-state index contributed by atoms with van der Waals surface area (Å²) in [5.41, 5.74) is 1.30. The van der Waals surface area contributed by atoms with Crippen molar-refractivity contribution in [2.45, 2.75) is 19.9 Å². The highest BCUT2D eigenvalue weighted by atomic mass is 16.1. The van der Waals surface area contributed by atoms with Gasteiger partial charge in [-0.05, 0) is 13.8 Å². The van der Waals surface area contributed by atoms with E-state index in [1.165, 1.54) is 5.57 Å². The van der Waals surface area contributed by atoms with E-state index in [0.717, 1.165) is 19.6 Å². The van der Waals surface area contributed by atoms with Crippen LogP contribution in [0.4, 0.5) is 0 Å². The Kier molecular flexibility index (Phi) is 4.50. The smallest absolute Gasteiger partial charge is 0.147 e. The van der Waals surface area contributed by atoms with Crippen molar-refractivity contribution in [2.24, 2.45) is 11.8 Å². The van der Waals surface area contributed by atoms with Gasteiger partial charge in [0.05, 0.1) is 5.92 Å². The summed E-state index contributed by atoms with van der Waals surface area (Å²) in [4.78, 5) is 12.3. The van der Waals surface area contributed by atoms with Crippen LogP contribution in [0.5, 0.6) is 0 Å². The Morgan fingerprint density at radius 1 is 1.39 bits per heavy atom. The highest BCUT2D eigenvalue weighted by Crippen LogP contribution is 2.20. The molecule has 1 fully saturated rings. The summed E-state index contributed by atoms with van der Waals surface area (Å²) in [6, 6.07) is 0.137. The van der Waals surface area contributed by atoms with Gasteiger partial charge < -0.3 is 10.6 Å². The average molecular weight is 246 g/mol. The van der Waals surface area contributed by atoms with Crippen LogP contribution in [0.3, 0.4) is 0 Å². The molecule has 0 saturated carbocycles. The molecule has 0 aromatic rings. The zero-order valence-electron chi connectivity index (χ0n) is 11.1. The first-order valence-electron chi connectivity index (χ1n) is 6.67. The molecule has 1 aliphatic carbocycles. The van der Waals surface area contributed by atoms with Crippen LogP contribution in [0.15, 0.2) is 36.0 Å².